The van der Waals surface area contributed by atoms with Crippen LogP contribution in [-0.4, -0.2) is 41.8 Å². The third-order valence-electron chi connectivity index (χ3n) is 6.04. The van der Waals surface area contributed by atoms with Crippen LogP contribution in [0.4, 0.5) is 4.79 Å². The second-order valence-corrected chi connectivity index (χ2v) is 8.34. The Morgan fingerprint density at radius 3 is 2.19 bits per heavy atom. The first kappa shape index (κ1) is 20.9. The van der Waals surface area contributed by atoms with Gasteiger partial charge in [0, 0.05) is 23.9 Å². The van der Waals surface area contributed by atoms with Crippen molar-refractivity contribution in [1.29, 1.82) is 0 Å². The van der Waals surface area contributed by atoms with Crippen LogP contribution in [0.1, 0.15) is 43.2 Å². The molecule has 0 spiro atoms. The van der Waals surface area contributed by atoms with E-state index in [2.05, 4.69) is 34.9 Å². The minimum Gasteiger partial charge on any atom is -0.481 e. The van der Waals surface area contributed by atoms with E-state index in [0.717, 1.165) is 11.1 Å². The van der Waals surface area contributed by atoms with Crippen molar-refractivity contribution in [3.63, 3.8) is 0 Å². The van der Waals surface area contributed by atoms with E-state index in [0.29, 0.717) is 12.8 Å². The number of carbonyl (C=O) groups is 3. The van der Waals surface area contributed by atoms with Crippen molar-refractivity contribution in [3.05, 3.63) is 59.7 Å². The zero-order valence-electron chi connectivity index (χ0n) is 17.3. The maximum Gasteiger partial charge on any atom is 0.407 e. The number of ether oxygens (including phenoxy) is 1. The van der Waals surface area contributed by atoms with Gasteiger partial charge in [-0.05, 0) is 42.0 Å². The second-order valence-electron chi connectivity index (χ2n) is 8.34. The Balaban J connectivity index is 1.25. The molecule has 2 aliphatic rings. The van der Waals surface area contributed by atoms with E-state index in [4.69, 9.17) is 9.84 Å². The van der Waals surface area contributed by atoms with Crippen LogP contribution < -0.4 is 10.6 Å². The standard InChI is InChI=1S/C24H26N2O5/c1-14(10-22(27)28)25-23(29)15-11-16(12-15)26-24(30)31-13-21-19-8-4-2-6-17(19)18-7-3-5-9-20(18)21/h2-9,14-16,21H,10-13H2,1H3,(H,25,29)(H,26,30)(H,27,28)/t14-,15?,16?/m1/s1. The van der Waals surface area contributed by atoms with E-state index >= 15 is 0 Å². The Hall–Kier alpha value is -3.35. The summed E-state index contributed by atoms with van der Waals surface area (Å²) in [4.78, 5) is 35.1. The molecule has 4 rings (SSSR count). The fourth-order valence-electron chi connectivity index (χ4n) is 4.43. The molecule has 0 unspecified atom stereocenters. The number of carboxylic acid groups (broad SMARTS) is 1. The molecular weight excluding hydrogens is 396 g/mol. The Kier molecular flexibility index (Phi) is 5.93. The van der Waals surface area contributed by atoms with Gasteiger partial charge in [-0.3, -0.25) is 9.59 Å². The molecule has 31 heavy (non-hydrogen) atoms. The summed E-state index contributed by atoms with van der Waals surface area (Å²) in [5.74, 6) is -1.32. The molecule has 1 atom stereocenters. The summed E-state index contributed by atoms with van der Waals surface area (Å²) in [5.41, 5.74) is 4.67. The summed E-state index contributed by atoms with van der Waals surface area (Å²) in [6.07, 6.45) is 0.455. The third-order valence-corrected chi connectivity index (χ3v) is 6.04. The topological polar surface area (TPSA) is 105 Å². The molecule has 0 aromatic heterocycles. The number of carboxylic acids is 1. The van der Waals surface area contributed by atoms with Crippen LogP contribution in [-0.2, 0) is 14.3 Å². The molecule has 0 radical (unpaired) electrons. The van der Waals surface area contributed by atoms with Gasteiger partial charge >= 0.3 is 12.1 Å². The highest BCUT2D eigenvalue weighted by Gasteiger charge is 2.36. The lowest BCUT2D eigenvalue weighted by molar-refractivity contribution is -0.137. The number of hydrogen-bond acceptors (Lipinski definition) is 4. The Labute approximate surface area is 180 Å². The molecule has 3 N–H and O–H groups in total. The molecule has 0 heterocycles. The molecule has 7 nitrogen and oxygen atoms in total. The predicted molar refractivity (Wildman–Crippen MR) is 115 cm³/mol. The first-order valence-electron chi connectivity index (χ1n) is 10.6. The number of amides is 2. The van der Waals surface area contributed by atoms with E-state index in [9.17, 15) is 14.4 Å². The summed E-state index contributed by atoms with van der Waals surface area (Å²) >= 11 is 0. The molecule has 0 aliphatic heterocycles. The average Bonchev–Trinajstić information content (AvgIpc) is 3.02. The van der Waals surface area contributed by atoms with Gasteiger partial charge in [-0.25, -0.2) is 4.79 Å². The van der Waals surface area contributed by atoms with Crippen molar-refractivity contribution in [2.45, 2.75) is 44.2 Å². The smallest absolute Gasteiger partial charge is 0.407 e. The van der Waals surface area contributed by atoms with Gasteiger partial charge in [0.1, 0.15) is 6.61 Å². The normalized spacial score (nSPS) is 20.0. The van der Waals surface area contributed by atoms with E-state index in [1.165, 1.54) is 11.1 Å². The molecule has 162 valence electrons. The van der Waals surface area contributed by atoms with Crippen molar-refractivity contribution in [3.8, 4) is 11.1 Å². The van der Waals surface area contributed by atoms with Crippen LogP contribution in [0.2, 0.25) is 0 Å². The molecular formula is C24H26N2O5. The van der Waals surface area contributed by atoms with Crippen LogP contribution in [0.3, 0.4) is 0 Å². The van der Waals surface area contributed by atoms with Gasteiger partial charge in [0.05, 0.1) is 6.42 Å². The number of nitrogens with one attached hydrogen (secondary N) is 2. The Bertz CT molecular complexity index is 953. The summed E-state index contributed by atoms with van der Waals surface area (Å²) in [6, 6.07) is 15.8. The van der Waals surface area contributed by atoms with E-state index < -0.39 is 18.1 Å². The summed E-state index contributed by atoms with van der Waals surface area (Å²) in [5, 5.41) is 14.3. The lowest BCUT2D eigenvalue weighted by Crippen LogP contribution is -2.51. The van der Waals surface area contributed by atoms with Crippen molar-refractivity contribution in [1.82, 2.24) is 10.6 Å². The first-order valence-corrected chi connectivity index (χ1v) is 10.6. The van der Waals surface area contributed by atoms with Gasteiger partial charge in [-0.15, -0.1) is 0 Å². The number of rotatable bonds is 7. The summed E-state index contributed by atoms with van der Waals surface area (Å²) in [6.45, 7) is 1.92. The highest BCUT2D eigenvalue weighted by Crippen LogP contribution is 2.44. The number of alkyl carbamates (subject to hydrolysis) is 1. The highest BCUT2D eigenvalue weighted by molar-refractivity contribution is 5.81. The van der Waals surface area contributed by atoms with Gasteiger partial charge < -0.3 is 20.5 Å². The van der Waals surface area contributed by atoms with Crippen LogP contribution in [0.25, 0.3) is 11.1 Å². The zero-order chi connectivity index (χ0) is 22.0. The van der Waals surface area contributed by atoms with Crippen molar-refractivity contribution >= 4 is 18.0 Å². The molecule has 2 aromatic rings. The largest absolute Gasteiger partial charge is 0.481 e. The molecule has 7 heteroatoms. The molecule has 2 aliphatic carbocycles. The molecule has 1 fully saturated rings. The van der Waals surface area contributed by atoms with E-state index in [1.807, 2.05) is 24.3 Å². The lowest BCUT2D eigenvalue weighted by Gasteiger charge is -2.35. The van der Waals surface area contributed by atoms with E-state index in [1.54, 1.807) is 6.92 Å². The van der Waals surface area contributed by atoms with Crippen LogP contribution in [0, 0.1) is 5.92 Å². The first-order chi connectivity index (χ1) is 14.9. The number of aliphatic carboxylic acids is 1. The third kappa shape index (κ3) is 4.55. The minimum atomic E-state index is -0.948. The summed E-state index contributed by atoms with van der Waals surface area (Å²) < 4.78 is 5.53. The predicted octanol–water partition coefficient (Wildman–Crippen LogP) is 3.28. The zero-order valence-corrected chi connectivity index (χ0v) is 17.3. The monoisotopic (exact) mass is 422 g/mol. The Morgan fingerprint density at radius 2 is 1.61 bits per heavy atom. The maximum absolute atomic E-state index is 12.3. The average molecular weight is 422 g/mol. The fourth-order valence-corrected chi connectivity index (χ4v) is 4.43. The van der Waals surface area contributed by atoms with Crippen LogP contribution in [0.15, 0.2) is 48.5 Å². The molecule has 1 saturated carbocycles. The lowest BCUT2D eigenvalue weighted by atomic mass is 9.79. The summed E-state index contributed by atoms with van der Waals surface area (Å²) in [7, 11) is 0. The molecule has 0 saturated heterocycles. The SMILES string of the molecule is C[C@H](CC(=O)O)NC(=O)C1CC(NC(=O)OCC2c3ccccc3-c3ccccc32)C1. The molecule has 0 bridgehead atoms. The Morgan fingerprint density at radius 1 is 1.03 bits per heavy atom. The van der Waals surface area contributed by atoms with E-state index in [-0.39, 0.29) is 36.8 Å². The van der Waals surface area contributed by atoms with Crippen molar-refractivity contribution in [2.24, 2.45) is 5.92 Å². The van der Waals surface area contributed by atoms with Crippen LogP contribution in [0.5, 0.6) is 0 Å². The minimum absolute atomic E-state index is 0.00814. The molecule has 2 amide bonds. The van der Waals surface area contributed by atoms with Crippen molar-refractivity contribution in [2.75, 3.05) is 6.61 Å². The van der Waals surface area contributed by atoms with Gasteiger partial charge in [-0.2, -0.15) is 0 Å². The number of hydrogen-bond donors (Lipinski definition) is 3. The van der Waals surface area contributed by atoms with Gasteiger partial charge in [-0.1, -0.05) is 48.5 Å². The second kappa shape index (κ2) is 8.79. The van der Waals surface area contributed by atoms with Gasteiger partial charge in [0.25, 0.3) is 0 Å². The van der Waals surface area contributed by atoms with Crippen molar-refractivity contribution < 1.29 is 24.2 Å². The number of benzene rings is 2. The van der Waals surface area contributed by atoms with Crippen LogP contribution >= 0.6 is 0 Å². The molecule has 2 aromatic carbocycles. The maximum atomic E-state index is 12.3. The number of carbonyl (C=O) groups excluding carboxylic acids is 2. The fraction of sp³-hybridized carbons (Fsp3) is 0.375. The van der Waals surface area contributed by atoms with Gasteiger partial charge in [0.2, 0.25) is 5.91 Å². The quantitative estimate of drug-likeness (QED) is 0.635. The van der Waals surface area contributed by atoms with Gasteiger partial charge in [0.15, 0.2) is 0 Å². The number of fused-ring (bicyclic) bond motifs is 3. The highest BCUT2D eigenvalue weighted by atomic mass is 16.5.